The van der Waals surface area contributed by atoms with Crippen molar-refractivity contribution in [1.29, 1.82) is 0 Å². The second-order valence-corrected chi connectivity index (χ2v) is 6.12. The highest BCUT2D eigenvalue weighted by atomic mass is 35.5. The molecule has 0 radical (unpaired) electrons. The van der Waals surface area contributed by atoms with Crippen LogP contribution in [-0.4, -0.2) is 10.1 Å². The summed E-state index contributed by atoms with van der Waals surface area (Å²) in [6.07, 6.45) is -0.617. The number of aliphatic hydroxyl groups excluding tert-OH is 1. The van der Waals surface area contributed by atoms with Gasteiger partial charge in [-0.2, -0.15) is 0 Å². The Morgan fingerprint density at radius 2 is 2.16 bits per heavy atom. The molecule has 3 nitrogen and oxygen atoms in total. The summed E-state index contributed by atoms with van der Waals surface area (Å²) >= 11 is 7.55. The molecule has 1 aromatic heterocycles. The molecule has 1 atom stereocenters. The molecule has 5 heteroatoms. The molecule has 1 heterocycles. The average Bonchev–Trinajstić information content (AvgIpc) is 2.67. The van der Waals surface area contributed by atoms with E-state index in [-0.39, 0.29) is 0 Å². The molecule has 0 aliphatic carbocycles. The molecule has 1 aromatic carbocycles. The number of halogens is 1. The monoisotopic (exact) mass is 297 g/mol. The molecular weight excluding hydrogens is 282 g/mol. The number of thiazole rings is 1. The second kappa shape index (κ2) is 5.90. The highest BCUT2D eigenvalue weighted by molar-refractivity contribution is 7.11. The Hall–Kier alpha value is -1.10. The van der Waals surface area contributed by atoms with E-state index < -0.39 is 6.10 Å². The van der Waals surface area contributed by atoms with E-state index in [4.69, 9.17) is 16.3 Å². The fourth-order valence-corrected chi connectivity index (χ4v) is 2.75. The van der Waals surface area contributed by atoms with Gasteiger partial charge in [0, 0.05) is 15.5 Å². The van der Waals surface area contributed by atoms with Crippen molar-refractivity contribution in [3.63, 3.8) is 0 Å². The van der Waals surface area contributed by atoms with Crippen LogP contribution in [0.2, 0.25) is 5.02 Å². The fraction of sp³-hybridized carbons (Fsp3) is 0.357. The summed E-state index contributed by atoms with van der Waals surface area (Å²) in [6.45, 7) is 6.12. The van der Waals surface area contributed by atoms with Crippen molar-refractivity contribution in [3.05, 3.63) is 44.4 Å². The molecule has 0 aliphatic heterocycles. The zero-order chi connectivity index (χ0) is 14.0. The Kier molecular flexibility index (Phi) is 4.45. The standard InChI is InChI=1S/C14H16ClNO2S/c1-8-10(3)19-14(16-8)7-18-13-5-4-11(15)6-12(13)9(2)17/h4-6,9,17H,7H2,1-3H3. The third-order valence-corrected chi connectivity index (χ3v) is 4.13. The largest absolute Gasteiger partial charge is 0.486 e. The molecule has 0 spiro atoms. The number of aryl methyl sites for hydroxylation is 2. The summed E-state index contributed by atoms with van der Waals surface area (Å²) in [4.78, 5) is 5.62. The van der Waals surface area contributed by atoms with Crippen LogP contribution >= 0.6 is 22.9 Å². The number of rotatable bonds is 4. The highest BCUT2D eigenvalue weighted by Gasteiger charge is 2.11. The van der Waals surface area contributed by atoms with Crippen LogP contribution in [0, 0.1) is 13.8 Å². The predicted octanol–water partition coefficient (Wildman–Crippen LogP) is 4.05. The van der Waals surface area contributed by atoms with E-state index in [0.717, 1.165) is 10.7 Å². The van der Waals surface area contributed by atoms with Crippen LogP contribution in [0.25, 0.3) is 0 Å². The summed E-state index contributed by atoms with van der Waals surface area (Å²) in [7, 11) is 0. The van der Waals surface area contributed by atoms with Crippen molar-refractivity contribution in [1.82, 2.24) is 4.98 Å². The SMILES string of the molecule is Cc1nc(COc2ccc(Cl)cc2C(C)O)sc1C. The number of aliphatic hydroxyl groups is 1. The van der Waals surface area contributed by atoms with Gasteiger partial charge >= 0.3 is 0 Å². The van der Waals surface area contributed by atoms with Crippen molar-refractivity contribution >= 4 is 22.9 Å². The van der Waals surface area contributed by atoms with Crippen LogP contribution < -0.4 is 4.74 Å². The van der Waals surface area contributed by atoms with Gasteiger partial charge in [0.05, 0.1) is 11.8 Å². The lowest BCUT2D eigenvalue weighted by Gasteiger charge is -2.13. The molecule has 1 unspecified atom stereocenters. The molecule has 0 aliphatic rings. The van der Waals surface area contributed by atoms with Gasteiger partial charge < -0.3 is 9.84 Å². The zero-order valence-corrected chi connectivity index (χ0v) is 12.7. The Balaban J connectivity index is 2.15. The number of nitrogens with zero attached hydrogens (tertiary/aromatic N) is 1. The van der Waals surface area contributed by atoms with Crippen LogP contribution in [0.4, 0.5) is 0 Å². The van der Waals surface area contributed by atoms with Crippen molar-refractivity contribution < 1.29 is 9.84 Å². The van der Waals surface area contributed by atoms with E-state index in [1.807, 2.05) is 13.8 Å². The summed E-state index contributed by atoms with van der Waals surface area (Å²) in [5.74, 6) is 0.643. The molecule has 1 N–H and O–H groups in total. The Morgan fingerprint density at radius 1 is 1.42 bits per heavy atom. The minimum absolute atomic E-state index is 0.403. The molecule has 2 rings (SSSR count). The molecule has 0 bridgehead atoms. The van der Waals surface area contributed by atoms with Crippen LogP contribution in [0.1, 0.15) is 34.2 Å². The molecule has 102 valence electrons. The number of hydrogen-bond donors (Lipinski definition) is 1. The van der Waals surface area contributed by atoms with Gasteiger partial charge in [-0.05, 0) is 39.0 Å². The van der Waals surface area contributed by atoms with E-state index in [2.05, 4.69) is 4.98 Å². The van der Waals surface area contributed by atoms with Gasteiger partial charge in [-0.3, -0.25) is 0 Å². The Labute approximate surface area is 121 Å². The number of ether oxygens (including phenoxy) is 1. The van der Waals surface area contributed by atoms with Gasteiger partial charge in [0.2, 0.25) is 0 Å². The molecule has 19 heavy (non-hydrogen) atoms. The molecule has 0 amide bonds. The van der Waals surface area contributed by atoms with Gasteiger partial charge in [-0.1, -0.05) is 11.6 Å². The first kappa shape index (κ1) is 14.3. The summed E-state index contributed by atoms with van der Waals surface area (Å²) in [5.41, 5.74) is 1.73. The first-order valence-corrected chi connectivity index (χ1v) is 7.20. The van der Waals surface area contributed by atoms with E-state index in [1.165, 1.54) is 4.88 Å². The smallest absolute Gasteiger partial charge is 0.140 e. The maximum atomic E-state index is 9.72. The topological polar surface area (TPSA) is 42.4 Å². The minimum Gasteiger partial charge on any atom is -0.486 e. The molecule has 0 fully saturated rings. The maximum absolute atomic E-state index is 9.72. The lowest BCUT2D eigenvalue weighted by molar-refractivity contribution is 0.190. The summed E-state index contributed by atoms with van der Waals surface area (Å²) in [5, 5.41) is 11.2. The molecular formula is C14H16ClNO2S. The van der Waals surface area contributed by atoms with Crippen LogP contribution in [0.15, 0.2) is 18.2 Å². The molecule has 0 saturated heterocycles. The second-order valence-electron chi connectivity index (χ2n) is 4.40. The maximum Gasteiger partial charge on any atom is 0.140 e. The van der Waals surface area contributed by atoms with Crippen molar-refractivity contribution in [3.8, 4) is 5.75 Å². The first-order valence-electron chi connectivity index (χ1n) is 6.00. The Bertz CT molecular complexity index is 561. The van der Waals surface area contributed by atoms with E-state index >= 15 is 0 Å². The lowest BCUT2D eigenvalue weighted by Crippen LogP contribution is -2.00. The third-order valence-electron chi connectivity index (χ3n) is 2.85. The zero-order valence-electron chi connectivity index (χ0n) is 11.1. The van der Waals surface area contributed by atoms with Gasteiger partial charge in [-0.15, -0.1) is 11.3 Å². The van der Waals surface area contributed by atoms with Gasteiger partial charge in [-0.25, -0.2) is 4.98 Å². The first-order chi connectivity index (χ1) is 8.97. The van der Waals surface area contributed by atoms with Gasteiger partial charge in [0.15, 0.2) is 0 Å². The van der Waals surface area contributed by atoms with E-state index in [1.54, 1.807) is 36.5 Å². The minimum atomic E-state index is -0.617. The predicted molar refractivity (Wildman–Crippen MR) is 78.0 cm³/mol. The quantitative estimate of drug-likeness (QED) is 0.926. The van der Waals surface area contributed by atoms with E-state index in [9.17, 15) is 5.11 Å². The molecule has 2 aromatic rings. The number of hydrogen-bond acceptors (Lipinski definition) is 4. The normalized spacial score (nSPS) is 12.5. The third kappa shape index (κ3) is 3.47. The van der Waals surface area contributed by atoms with Crippen LogP contribution in [-0.2, 0) is 6.61 Å². The highest BCUT2D eigenvalue weighted by Crippen LogP contribution is 2.29. The molecule has 0 saturated carbocycles. The van der Waals surface area contributed by atoms with Crippen LogP contribution in [0.3, 0.4) is 0 Å². The number of aromatic nitrogens is 1. The Morgan fingerprint density at radius 3 is 2.74 bits per heavy atom. The fourth-order valence-electron chi connectivity index (χ4n) is 1.72. The van der Waals surface area contributed by atoms with Crippen molar-refractivity contribution in [2.45, 2.75) is 33.5 Å². The lowest BCUT2D eigenvalue weighted by atomic mass is 10.1. The van der Waals surface area contributed by atoms with Gasteiger partial charge in [0.1, 0.15) is 17.4 Å². The van der Waals surface area contributed by atoms with Crippen molar-refractivity contribution in [2.24, 2.45) is 0 Å². The average molecular weight is 298 g/mol. The summed E-state index contributed by atoms with van der Waals surface area (Å²) in [6, 6.07) is 5.25. The van der Waals surface area contributed by atoms with Crippen molar-refractivity contribution in [2.75, 3.05) is 0 Å². The summed E-state index contributed by atoms with van der Waals surface area (Å²) < 4.78 is 5.74. The van der Waals surface area contributed by atoms with Gasteiger partial charge in [0.25, 0.3) is 0 Å². The van der Waals surface area contributed by atoms with Crippen LogP contribution in [0.5, 0.6) is 5.75 Å². The van der Waals surface area contributed by atoms with E-state index in [0.29, 0.717) is 22.9 Å². The number of benzene rings is 1.